The van der Waals surface area contributed by atoms with E-state index < -0.39 is 0 Å². The van der Waals surface area contributed by atoms with Crippen molar-refractivity contribution in [3.05, 3.63) is 52.9 Å². The van der Waals surface area contributed by atoms with Crippen LogP contribution in [0.15, 0.2) is 36.7 Å². The third-order valence-electron chi connectivity index (χ3n) is 3.06. The molecule has 1 heterocycles. The fourth-order valence-electron chi connectivity index (χ4n) is 2.07. The van der Waals surface area contributed by atoms with Crippen molar-refractivity contribution in [2.24, 2.45) is 0 Å². The molecule has 0 bridgehead atoms. The number of halogens is 1. The van der Waals surface area contributed by atoms with Crippen LogP contribution < -0.4 is 10.1 Å². The highest BCUT2D eigenvalue weighted by atomic mass is 35.5. The Labute approximate surface area is 124 Å². The molecular weight excluding hydrogens is 274 g/mol. The normalized spacial score (nSPS) is 12.2. The van der Waals surface area contributed by atoms with Crippen LogP contribution in [0.3, 0.4) is 0 Å². The molecule has 106 valence electrons. The number of hydrogen-bond acceptors (Lipinski definition) is 4. The molecule has 2 aromatic rings. The summed E-state index contributed by atoms with van der Waals surface area (Å²) in [5.41, 5.74) is 2.00. The van der Waals surface area contributed by atoms with Crippen LogP contribution in [-0.2, 0) is 6.42 Å². The summed E-state index contributed by atoms with van der Waals surface area (Å²) in [5, 5.41) is 4.20. The van der Waals surface area contributed by atoms with E-state index in [1.807, 2.05) is 30.3 Å². The van der Waals surface area contributed by atoms with Crippen LogP contribution in [0.5, 0.6) is 5.88 Å². The second-order valence-corrected chi connectivity index (χ2v) is 4.80. The van der Waals surface area contributed by atoms with E-state index in [4.69, 9.17) is 16.3 Å². The standard InChI is InChI=1S/C15H18ClN3O/c1-3-17-13(8-11-6-4-5-7-12(11)16)14-9-15(20-2)19-10-18-14/h4-7,9-10,13,17H,3,8H2,1-2H3. The lowest BCUT2D eigenvalue weighted by Gasteiger charge is -2.18. The first-order valence-electron chi connectivity index (χ1n) is 6.57. The predicted molar refractivity (Wildman–Crippen MR) is 80.2 cm³/mol. The molecule has 1 aromatic heterocycles. The van der Waals surface area contributed by atoms with Gasteiger partial charge in [-0.15, -0.1) is 0 Å². The fraction of sp³-hybridized carbons (Fsp3) is 0.333. The Kier molecular flexibility index (Phi) is 5.32. The summed E-state index contributed by atoms with van der Waals surface area (Å²) in [6, 6.07) is 9.79. The van der Waals surface area contributed by atoms with Gasteiger partial charge in [-0.1, -0.05) is 36.7 Å². The van der Waals surface area contributed by atoms with Crippen LogP contribution >= 0.6 is 11.6 Å². The third kappa shape index (κ3) is 3.68. The van der Waals surface area contributed by atoms with E-state index in [0.29, 0.717) is 5.88 Å². The number of aromatic nitrogens is 2. The molecule has 1 aromatic carbocycles. The number of likely N-dealkylation sites (N-methyl/N-ethyl adjacent to an activating group) is 1. The van der Waals surface area contributed by atoms with Gasteiger partial charge in [0.05, 0.1) is 18.8 Å². The molecule has 0 amide bonds. The number of benzene rings is 1. The van der Waals surface area contributed by atoms with E-state index in [9.17, 15) is 0 Å². The summed E-state index contributed by atoms with van der Waals surface area (Å²) in [6.45, 7) is 2.92. The van der Waals surface area contributed by atoms with Gasteiger partial charge in [0.25, 0.3) is 0 Å². The van der Waals surface area contributed by atoms with Crippen molar-refractivity contribution in [3.63, 3.8) is 0 Å². The van der Waals surface area contributed by atoms with Gasteiger partial charge >= 0.3 is 0 Å². The largest absolute Gasteiger partial charge is 0.481 e. The topological polar surface area (TPSA) is 47.0 Å². The van der Waals surface area contributed by atoms with E-state index in [-0.39, 0.29) is 6.04 Å². The lowest BCUT2D eigenvalue weighted by Crippen LogP contribution is -2.24. The third-order valence-corrected chi connectivity index (χ3v) is 3.43. The van der Waals surface area contributed by atoms with Crippen molar-refractivity contribution >= 4 is 11.6 Å². The molecule has 1 unspecified atom stereocenters. The Bertz CT molecular complexity index is 562. The maximum atomic E-state index is 6.23. The molecule has 1 atom stereocenters. The number of nitrogens with zero attached hydrogens (tertiary/aromatic N) is 2. The molecule has 0 saturated heterocycles. The minimum Gasteiger partial charge on any atom is -0.481 e. The van der Waals surface area contributed by atoms with Gasteiger partial charge in [-0.3, -0.25) is 0 Å². The van der Waals surface area contributed by atoms with Gasteiger partial charge in [-0.2, -0.15) is 0 Å². The summed E-state index contributed by atoms with van der Waals surface area (Å²) in [5.74, 6) is 0.567. The average Bonchev–Trinajstić information content (AvgIpc) is 2.49. The molecule has 4 nitrogen and oxygen atoms in total. The lowest BCUT2D eigenvalue weighted by molar-refractivity contribution is 0.393. The average molecular weight is 292 g/mol. The van der Waals surface area contributed by atoms with Crippen molar-refractivity contribution in [1.29, 1.82) is 0 Å². The first-order valence-corrected chi connectivity index (χ1v) is 6.95. The second-order valence-electron chi connectivity index (χ2n) is 4.39. The van der Waals surface area contributed by atoms with Crippen LogP contribution in [0, 0.1) is 0 Å². The van der Waals surface area contributed by atoms with Crippen molar-refractivity contribution in [3.8, 4) is 5.88 Å². The molecule has 20 heavy (non-hydrogen) atoms. The van der Waals surface area contributed by atoms with Crippen LogP contribution in [0.1, 0.15) is 24.2 Å². The molecule has 0 saturated carbocycles. The SMILES string of the molecule is CCNC(Cc1ccccc1Cl)c1cc(OC)ncn1. The monoisotopic (exact) mass is 291 g/mol. The van der Waals surface area contributed by atoms with E-state index in [2.05, 4.69) is 22.2 Å². The van der Waals surface area contributed by atoms with Gasteiger partial charge in [0, 0.05) is 11.1 Å². The Morgan fingerprint density at radius 1 is 1.30 bits per heavy atom. The highest BCUT2D eigenvalue weighted by Crippen LogP contribution is 2.23. The van der Waals surface area contributed by atoms with Gasteiger partial charge in [-0.25, -0.2) is 9.97 Å². The first-order chi connectivity index (χ1) is 9.74. The summed E-state index contributed by atoms with van der Waals surface area (Å²) in [4.78, 5) is 8.37. The Morgan fingerprint density at radius 3 is 2.80 bits per heavy atom. The van der Waals surface area contributed by atoms with Crippen LogP contribution in [0.4, 0.5) is 0 Å². The zero-order chi connectivity index (χ0) is 14.4. The van der Waals surface area contributed by atoms with Gasteiger partial charge < -0.3 is 10.1 Å². The van der Waals surface area contributed by atoms with Gasteiger partial charge in [0.1, 0.15) is 6.33 Å². The summed E-state index contributed by atoms with van der Waals surface area (Å²) in [6.07, 6.45) is 2.29. The highest BCUT2D eigenvalue weighted by Gasteiger charge is 2.15. The zero-order valence-electron chi connectivity index (χ0n) is 11.6. The van der Waals surface area contributed by atoms with Crippen molar-refractivity contribution in [2.45, 2.75) is 19.4 Å². The molecule has 0 aliphatic heterocycles. The van der Waals surface area contributed by atoms with Gasteiger partial charge in [0.15, 0.2) is 0 Å². The van der Waals surface area contributed by atoms with Gasteiger partial charge in [0.2, 0.25) is 5.88 Å². The Morgan fingerprint density at radius 2 is 2.10 bits per heavy atom. The maximum Gasteiger partial charge on any atom is 0.216 e. The second kappa shape index (κ2) is 7.22. The van der Waals surface area contributed by atoms with Crippen molar-refractivity contribution < 1.29 is 4.74 Å². The number of rotatable bonds is 6. The highest BCUT2D eigenvalue weighted by molar-refractivity contribution is 6.31. The number of ether oxygens (including phenoxy) is 1. The van der Waals surface area contributed by atoms with Crippen LogP contribution in [0.25, 0.3) is 0 Å². The minimum absolute atomic E-state index is 0.0804. The van der Waals surface area contributed by atoms with Gasteiger partial charge in [-0.05, 0) is 24.6 Å². The number of hydrogen-bond donors (Lipinski definition) is 1. The fourth-order valence-corrected chi connectivity index (χ4v) is 2.28. The van der Waals surface area contributed by atoms with E-state index in [1.54, 1.807) is 7.11 Å². The number of methoxy groups -OCH3 is 1. The summed E-state index contributed by atoms with van der Waals surface area (Å²) in [7, 11) is 1.60. The maximum absolute atomic E-state index is 6.23. The molecule has 0 aliphatic carbocycles. The number of nitrogens with one attached hydrogen (secondary N) is 1. The molecule has 0 radical (unpaired) electrons. The first kappa shape index (κ1) is 14.8. The Balaban J connectivity index is 2.24. The summed E-state index contributed by atoms with van der Waals surface area (Å²) >= 11 is 6.23. The molecule has 2 rings (SSSR count). The van der Waals surface area contributed by atoms with Crippen LogP contribution in [-0.4, -0.2) is 23.6 Å². The lowest BCUT2D eigenvalue weighted by atomic mass is 10.0. The molecule has 0 fully saturated rings. The molecule has 0 aliphatic rings. The summed E-state index contributed by atoms with van der Waals surface area (Å²) < 4.78 is 5.15. The molecule has 0 spiro atoms. The smallest absolute Gasteiger partial charge is 0.216 e. The van der Waals surface area contributed by atoms with Crippen molar-refractivity contribution in [1.82, 2.24) is 15.3 Å². The molecule has 1 N–H and O–H groups in total. The quantitative estimate of drug-likeness (QED) is 0.889. The van der Waals surface area contributed by atoms with Crippen molar-refractivity contribution in [2.75, 3.05) is 13.7 Å². The van der Waals surface area contributed by atoms with E-state index in [0.717, 1.165) is 29.2 Å². The van der Waals surface area contributed by atoms with E-state index >= 15 is 0 Å². The van der Waals surface area contributed by atoms with E-state index in [1.165, 1.54) is 6.33 Å². The molecular formula is C15H18ClN3O. The minimum atomic E-state index is 0.0804. The predicted octanol–water partition coefficient (Wildman–Crippen LogP) is 3.03. The van der Waals surface area contributed by atoms with Crippen LogP contribution in [0.2, 0.25) is 5.02 Å². The Hall–Kier alpha value is -1.65. The molecule has 5 heteroatoms. The zero-order valence-corrected chi connectivity index (χ0v) is 12.4.